The molecule has 1 atom stereocenters. The fourth-order valence-corrected chi connectivity index (χ4v) is 2.85. The second kappa shape index (κ2) is 5.39. The van der Waals surface area contributed by atoms with Gasteiger partial charge in [-0.15, -0.1) is 11.3 Å². The largest absolute Gasteiger partial charge is 0.496 e. The van der Waals surface area contributed by atoms with E-state index in [0.29, 0.717) is 30.1 Å². The molecule has 1 aliphatic rings. The molecule has 6 heteroatoms. The second-order valence-electron chi connectivity index (χ2n) is 4.06. The third-order valence-corrected chi connectivity index (χ3v) is 3.90. The standard InChI is InChI=1S/C12H16N2O3S/c1-3-9-11(15)13-4-5-14(9)12(16)10-6-8(17-2)7-18-10/h6-7,9H,3-5H2,1-2H3,(H,13,15). The van der Waals surface area contributed by atoms with E-state index in [0.717, 1.165) is 0 Å². The summed E-state index contributed by atoms with van der Waals surface area (Å²) >= 11 is 1.34. The lowest BCUT2D eigenvalue weighted by Gasteiger charge is -2.34. The Morgan fingerprint density at radius 2 is 2.44 bits per heavy atom. The van der Waals surface area contributed by atoms with E-state index in [1.54, 1.807) is 23.5 Å². The maximum Gasteiger partial charge on any atom is 0.264 e. The third kappa shape index (κ3) is 2.33. The van der Waals surface area contributed by atoms with Crippen molar-refractivity contribution in [2.75, 3.05) is 20.2 Å². The van der Waals surface area contributed by atoms with Crippen molar-refractivity contribution in [3.05, 3.63) is 16.3 Å². The Morgan fingerprint density at radius 3 is 3.06 bits per heavy atom. The first-order valence-corrected chi connectivity index (χ1v) is 6.76. The zero-order valence-corrected chi connectivity index (χ0v) is 11.3. The fraction of sp³-hybridized carbons (Fsp3) is 0.500. The number of nitrogens with one attached hydrogen (secondary N) is 1. The highest BCUT2D eigenvalue weighted by Crippen LogP contribution is 2.24. The summed E-state index contributed by atoms with van der Waals surface area (Å²) in [6.45, 7) is 2.98. The Balaban J connectivity index is 2.18. The lowest BCUT2D eigenvalue weighted by Crippen LogP contribution is -2.56. The Kier molecular flexibility index (Phi) is 3.86. The van der Waals surface area contributed by atoms with Crippen molar-refractivity contribution in [2.24, 2.45) is 0 Å². The van der Waals surface area contributed by atoms with E-state index in [1.165, 1.54) is 11.3 Å². The smallest absolute Gasteiger partial charge is 0.264 e. The Hall–Kier alpha value is -1.56. The Labute approximate surface area is 110 Å². The van der Waals surface area contributed by atoms with Gasteiger partial charge in [-0.1, -0.05) is 6.92 Å². The highest BCUT2D eigenvalue weighted by Gasteiger charge is 2.32. The van der Waals surface area contributed by atoms with E-state index in [2.05, 4.69) is 5.32 Å². The van der Waals surface area contributed by atoms with Gasteiger partial charge in [0.05, 0.1) is 12.0 Å². The third-order valence-electron chi connectivity index (χ3n) is 3.00. The molecule has 0 spiro atoms. The van der Waals surface area contributed by atoms with Gasteiger partial charge >= 0.3 is 0 Å². The number of thiophene rings is 1. The van der Waals surface area contributed by atoms with Crippen LogP contribution in [0.15, 0.2) is 11.4 Å². The maximum absolute atomic E-state index is 12.3. The molecule has 1 aromatic rings. The lowest BCUT2D eigenvalue weighted by atomic mass is 10.1. The summed E-state index contributed by atoms with van der Waals surface area (Å²) in [5, 5.41) is 4.57. The first-order chi connectivity index (χ1) is 8.67. The SMILES string of the molecule is CCC1C(=O)NCCN1C(=O)c1cc(OC)cs1. The molecule has 2 amide bonds. The molecule has 1 aromatic heterocycles. The van der Waals surface area contributed by atoms with Crippen molar-refractivity contribution in [3.63, 3.8) is 0 Å². The Bertz CT molecular complexity index is 458. The number of rotatable bonds is 3. The summed E-state index contributed by atoms with van der Waals surface area (Å²) in [5.74, 6) is 0.517. The van der Waals surface area contributed by atoms with Crippen molar-refractivity contribution in [3.8, 4) is 5.75 Å². The number of ether oxygens (including phenoxy) is 1. The van der Waals surface area contributed by atoms with Gasteiger partial charge in [0.1, 0.15) is 11.8 Å². The molecule has 1 fully saturated rings. The molecule has 0 bridgehead atoms. The lowest BCUT2D eigenvalue weighted by molar-refractivity contribution is -0.127. The molecule has 0 aliphatic carbocycles. The molecule has 1 aliphatic heterocycles. The summed E-state index contributed by atoms with van der Waals surface area (Å²) in [6.07, 6.45) is 0.625. The number of nitrogens with zero attached hydrogens (tertiary/aromatic N) is 1. The molecule has 0 aromatic carbocycles. The van der Waals surface area contributed by atoms with Crippen LogP contribution in [0.25, 0.3) is 0 Å². The van der Waals surface area contributed by atoms with E-state index in [4.69, 9.17) is 4.74 Å². The van der Waals surface area contributed by atoms with Gasteiger partial charge in [-0.25, -0.2) is 0 Å². The van der Waals surface area contributed by atoms with Crippen LogP contribution < -0.4 is 10.1 Å². The van der Waals surface area contributed by atoms with Crippen LogP contribution in [0.3, 0.4) is 0 Å². The van der Waals surface area contributed by atoms with Crippen LogP contribution >= 0.6 is 11.3 Å². The molecule has 1 saturated heterocycles. The minimum atomic E-state index is -0.362. The molecule has 2 rings (SSSR count). The molecule has 1 N–H and O–H groups in total. The van der Waals surface area contributed by atoms with Gasteiger partial charge in [-0.05, 0) is 6.42 Å². The zero-order chi connectivity index (χ0) is 13.1. The van der Waals surface area contributed by atoms with Crippen LogP contribution in [-0.2, 0) is 4.79 Å². The maximum atomic E-state index is 12.3. The average molecular weight is 268 g/mol. The number of carbonyl (C=O) groups excluding carboxylic acids is 2. The van der Waals surface area contributed by atoms with Crippen LogP contribution in [0.4, 0.5) is 0 Å². The van der Waals surface area contributed by atoms with Crippen molar-refractivity contribution in [1.82, 2.24) is 10.2 Å². The van der Waals surface area contributed by atoms with Crippen LogP contribution in [0.2, 0.25) is 0 Å². The molecular formula is C12H16N2O3S. The normalized spacial score (nSPS) is 19.6. The van der Waals surface area contributed by atoms with Gasteiger partial charge in [0.2, 0.25) is 5.91 Å². The van der Waals surface area contributed by atoms with Crippen LogP contribution in [0, 0.1) is 0 Å². The number of methoxy groups -OCH3 is 1. The van der Waals surface area contributed by atoms with Crippen molar-refractivity contribution in [2.45, 2.75) is 19.4 Å². The van der Waals surface area contributed by atoms with Gasteiger partial charge in [0.15, 0.2) is 0 Å². The summed E-state index contributed by atoms with van der Waals surface area (Å²) in [6, 6.07) is 1.35. The number of piperazine rings is 1. The predicted molar refractivity (Wildman–Crippen MR) is 69.0 cm³/mol. The topological polar surface area (TPSA) is 58.6 Å². The number of hydrogen-bond donors (Lipinski definition) is 1. The summed E-state index contributed by atoms with van der Waals surface area (Å²) in [4.78, 5) is 26.3. The molecule has 1 unspecified atom stereocenters. The van der Waals surface area contributed by atoms with Gasteiger partial charge in [0.25, 0.3) is 5.91 Å². The molecule has 0 radical (unpaired) electrons. The first-order valence-electron chi connectivity index (χ1n) is 5.88. The second-order valence-corrected chi connectivity index (χ2v) is 4.98. The molecule has 5 nitrogen and oxygen atoms in total. The molecule has 18 heavy (non-hydrogen) atoms. The molecule has 98 valence electrons. The number of amides is 2. The van der Waals surface area contributed by atoms with Gasteiger partial charge in [0, 0.05) is 24.5 Å². The van der Waals surface area contributed by atoms with Crippen molar-refractivity contribution < 1.29 is 14.3 Å². The van der Waals surface area contributed by atoms with Gasteiger partial charge < -0.3 is 15.0 Å². The number of hydrogen-bond acceptors (Lipinski definition) is 4. The molecule has 2 heterocycles. The van der Waals surface area contributed by atoms with E-state index >= 15 is 0 Å². The number of carbonyl (C=O) groups is 2. The monoisotopic (exact) mass is 268 g/mol. The minimum Gasteiger partial charge on any atom is -0.496 e. The van der Waals surface area contributed by atoms with Crippen LogP contribution in [0.5, 0.6) is 5.75 Å². The highest BCUT2D eigenvalue weighted by molar-refractivity contribution is 7.12. The molecular weight excluding hydrogens is 252 g/mol. The van der Waals surface area contributed by atoms with Crippen LogP contribution in [0.1, 0.15) is 23.0 Å². The van der Waals surface area contributed by atoms with E-state index < -0.39 is 0 Å². The Morgan fingerprint density at radius 1 is 1.67 bits per heavy atom. The van der Waals surface area contributed by atoms with E-state index in [-0.39, 0.29) is 17.9 Å². The minimum absolute atomic E-state index is 0.0689. The zero-order valence-electron chi connectivity index (χ0n) is 10.4. The van der Waals surface area contributed by atoms with E-state index in [9.17, 15) is 9.59 Å². The summed E-state index contributed by atoms with van der Waals surface area (Å²) < 4.78 is 5.07. The predicted octanol–water partition coefficient (Wildman–Crippen LogP) is 1.11. The summed E-state index contributed by atoms with van der Waals surface area (Å²) in [7, 11) is 1.57. The fourth-order valence-electron chi connectivity index (χ4n) is 2.04. The first kappa shape index (κ1) is 12.9. The average Bonchev–Trinajstić information content (AvgIpc) is 2.86. The van der Waals surface area contributed by atoms with Gasteiger partial charge in [-0.2, -0.15) is 0 Å². The summed E-state index contributed by atoms with van der Waals surface area (Å²) in [5.41, 5.74) is 0. The van der Waals surface area contributed by atoms with Gasteiger partial charge in [-0.3, -0.25) is 9.59 Å². The van der Waals surface area contributed by atoms with E-state index in [1.807, 2.05) is 6.92 Å². The highest BCUT2D eigenvalue weighted by atomic mass is 32.1. The van der Waals surface area contributed by atoms with Crippen molar-refractivity contribution in [1.29, 1.82) is 0 Å². The van der Waals surface area contributed by atoms with Crippen molar-refractivity contribution >= 4 is 23.2 Å². The van der Waals surface area contributed by atoms with Crippen LogP contribution in [-0.4, -0.2) is 43.0 Å². The quantitative estimate of drug-likeness (QED) is 0.893. The molecule has 0 saturated carbocycles.